The van der Waals surface area contributed by atoms with Crippen molar-refractivity contribution in [3.05, 3.63) is 35.6 Å². The first-order valence-electron chi connectivity index (χ1n) is 4.78. The molecule has 0 bridgehead atoms. The molecule has 88 valence electrons. The molecule has 17 heavy (non-hydrogen) atoms. The number of carbonyl (C=O) groups is 1. The molecule has 5 heteroatoms. The summed E-state index contributed by atoms with van der Waals surface area (Å²) in [4.78, 5) is 11.3. The molecule has 0 saturated heterocycles. The molecule has 0 saturated carbocycles. The van der Waals surface area contributed by atoms with E-state index in [0.717, 1.165) is 7.11 Å². The second kappa shape index (κ2) is 3.93. The highest BCUT2D eigenvalue weighted by atomic mass is 19.1. The molecule has 4 nitrogen and oxygen atoms in total. The van der Waals surface area contributed by atoms with Gasteiger partial charge in [0.05, 0.1) is 7.11 Å². The van der Waals surface area contributed by atoms with E-state index in [0.29, 0.717) is 0 Å². The van der Waals surface area contributed by atoms with Gasteiger partial charge < -0.3 is 14.9 Å². The Bertz CT molecular complexity index is 607. The molecular formula is C12H9FO4. The van der Waals surface area contributed by atoms with Gasteiger partial charge in [0.1, 0.15) is 11.3 Å². The number of phenols is 2. The molecule has 0 atom stereocenters. The summed E-state index contributed by atoms with van der Waals surface area (Å²) in [6.45, 7) is 0. The summed E-state index contributed by atoms with van der Waals surface area (Å²) < 4.78 is 18.1. The Labute approximate surface area is 95.9 Å². The van der Waals surface area contributed by atoms with Crippen LogP contribution in [0.5, 0.6) is 11.5 Å². The van der Waals surface area contributed by atoms with Gasteiger partial charge in [-0.15, -0.1) is 0 Å². The van der Waals surface area contributed by atoms with Crippen LogP contribution in [0.15, 0.2) is 24.3 Å². The topological polar surface area (TPSA) is 66.8 Å². The third-order valence-corrected chi connectivity index (χ3v) is 2.49. The van der Waals surface area contributed by atoms with Gasteiger partial charge in [0, 0.05) is 10.8 Å². The Morgan fingerprint density at radius 3 is 2.24 bits per heavy atom. The lowest BCUT2D eigenvalue weighted by Crippen LogP contribution is -2.05. The predicted molar refractivity (Wildman–Crippen MR) is 58.6 cm³/mol. The minimum Gasteiger partial charge on any atom is -0.506 e. The van der Waals surface area contributed by atoms with Crippen molar-refractivity contribution in [1.29, 1.82) is 0 Å². The zero-order valence-electron chi connectivity index (χ0n) is 8.90. The van der Waals surface area contributed by atoms with Crippen LogP contribution in [0.3, 0.4) is 0 Å². The summed E-state index contributed by atoms with van der Waals surface area (Å²) in [6.07, 6.45) is 0. The quantitative estimate of drug-likeness (QED) is 0.588. The molecule has 0 fully saturated rings. The van der Waals surface area contributed by atoms with Gasteiger partial charge in [0.2, 0.25) is 0 Å². The Hall–Kier alpha value is -2.30. The highest BCUT2D eigenvalue weighted by Gasteiger charge is 2.24. The van der Waals surface area contributed by atoms with E-state index in [1.807, 2.05) is 0 Å². The molecule has 0 unspecified atom stereocenters. The fourth-order valence-electron chi connectivity index (χ4n) is 1.66. The lowest BCUT2D eigenvalue weighted by molar-refractivity contribution is 0.0591. The van der Waals surface area contributed by atoms with Crippen LogP contribution in [-0.2, 0) is 4.74 Å². The van der Waals surface area contributed by atoms with Gasteiger partial charge in [0.15, 0.2) is 11.6 Å². The summed E-state index contributed by atoms with van der Waals surface area (Å²) in [6, 6.07) is 6.09. The number of carbonyl (C=O) groups excluding carboxylic acids is 1. The standard InChI is InChI=1S/C12H9FO4/c1-17-12(16)8-9(13)11(15)7-5-3-2-4-6(7)10(8)14/h2-5,14-15H,1H3. The zero-order valence-corrected chi connectivity index (χ0v) is 8.90. The molecule has 2 aromatic carbocycles. The summed E-state index contributed by atoms with van der Waals surface area (Å²) in [5.74, 6) is -3.45. The molecule has 2 rings (SSSR count). The Morgan fingerprint density at radius 2 is 1.71 bits per heavy atom. The fraction of sp³-hybridized carbons (Fsp3) is 0.0833. The molecule has 0 aliphatic rings. The molecule has 0 heterocycles. The van der Waals surface area contributed by atoms with Crippen molar-refractivity contribution in [1.82, 2.24) is 0 Å². The molecule has 0 aromatic heterocycles. The maximum atomic E-state index is 13.7. The highest BCUT2D eigenvalue weighted by Crippen LogP contribution is 2.38. The number of methoxy groups -OCH3 is 1. The predicted octanol–water partition coefficient (Wildman–Crippen LogP) is 2.18. The van der Waals surface area contributed by atoms with Gasteiger partial charge in [-0.2, -0.15) is 0 Å². The van der Waals surface area contributed by atoms with E-state index in [1.54, 1.807) is 12.1 Å². The average molecular weight is 236 g/mol. The van der Waals surface area contributed by atoms with Crippen molar-refractivity contribution in [3.63, 3.8) is 0 Å². The van der Waals surface area contributed by atoms with Gasteiger partial charge in [0.25, 0.3) is 0 Å². The van der Waals surface area contributed by atoms with Crippen molar-refractivity contribution in [3.8, 4) is 11.5 Å². The van der Waals surface area contributed by atoms with Gasteiger partial charge in [-0.25, -0.2) is 9.18 Å². The molecule has 0 aliphatic heterocycles. The number of hydrogen-bond acceptors (Lipinski definition) is 4. The Morgan fingerprint density at radius 1 is 1.18 bits per heavy atom. The van der Waals surface area contributed by atoms with Gasteiger partial charge in [-0.05, 0) is 0 Å². The number of halogens is 1. The van der Waals surface area contributed by atoms with E-state index in [4.69, 9.17) is 0 Å². The number of fused-ring (bicyclic) bond motifs is 1. The molecule has 0 amide bonds. The Balaban J connectivity index is 2.91. The maximum absolute atomic E-state index is 13.7. The normalized spacial score (nSPS) is 10.5. The first kappa shape index (κ1) is 11.2. The second-order valence-corrected chi connectivity index (χ2v) is 3.42. The number of aromatic hydroxyl groups is 2. The number of phenolic OH excluding ortho intramolecular Hbond substituents is 2. The van der Waals surface area contributed by atoms with Crippen LogP contribution in [0.4, 0.5) is 4.39 Å². The summed E-state index contributed by atoms with van der Waals surface area (Å²) in [5, 5.41) is 19.7. The Kier molecular flexibility index (Phi) is 2.59. The third kappa shape index (κ3) is 1.56. The minimum atomic E-state index is -1.19. The average Bonchev–Trinajstić information content (AvgIpc) is 2.36. The fourth-order valence-corrected chi connectivity index (χ4v) is 1.66. The SMILES string of the molecule is COC(=O)c1c(F)c(O)c2ccccc2c1O. The van der Waals surface area contributed by atoms with E-state index in [1.165, 1.54) is 12.1 Å². The summed E-state index contributed by atoms with van der Waals surface area (Å²) in [5.41, 5.74) is -0.663. The highest BCUT2D eigenvalue weighted by molar-refractivity contribution is 6.04. The van der Waals surface area contributed by atoms with Crippen LogP contribution in [0, 0.1) is 5.82 Å². The zero-order chi connectivity index (χ0) is 12.6. The number of hydrogen-bond donors (Lipinski definition) is 2. The van der Waals surface area contributed by atoms with Gasteiger partial charge in [-0.3, -0.25) is 0 Å². The van der Waals surface area contributed by atoms with Crippen molar-refractivity contribution >= 4 is 16.7 Å². The number of benzene rings is 2. The lowest BCUT2D eigenvalue weighted by atomic mass is 10.0. The van der Waals surface area contributed by atoms with E-state index < -0.39 is 28.8 Å². The molecule has 0 radical (unpaired) electrons. The van der Waals surface area contributed by atoms with Crippen LogP contribution in [0.25, 0.3) is 10.8 Å². The van der Waals surface area contributed by atoms with E-state index >= 15 is 0 Å². The first-order chi connectivity index (χ1) is 8.07. The lowest BCUT2D eigenvalue weighted by Gasteiger charge is -2.09. The number of esters is 1. The van der Waals surface area contributed by atoms with Crippen LogP contribution in [-0.4, -0.2) is 23.3 Å². The molecule has 2 aromatic rings. The monoisotopic (exact) mass is 236 g/mol. The maximum Gasteiger partial charge on any atom is 0.344 e. The van der Waals surface area contributed by atoms with Crippen LogP contribution in [0.2, 0.25) is 0 Å². The van der Waals surface area contributed by atoms with Gasteiger partial charge >= 0.3 is 5.97 Å². The van der Waals surface area contributed by atoms with E-state index in [2.05, 4.69) is 4.74 Å². The second-order valence-electron chi connectivity index (χ2n) is 3.42. The summed E-state index contributed by atoms with van der Waals surface area (Å²) >= 11 is 0. The third-order valence-electron chi connectivity index (χ3n) is 2.49. The molecular weight excluding hydrogens is 227 g/mol. The minimum absolute atomic E-state index is 0.134. The summed E-state index contributed by atoms with van der Waals surface area (Å²) in [7, 11) is 1.06. The first-order valence-corrected chi connectivity index (χ1v) is 4.78. The molecule has 0 spiro atoms. The number of ether oxygens (including phenoxy) is 1. The van der Waals surface area contributed by atoms with Crippen molar-refractivity contribution in [2.24, 2.45) is 0 Å². The van der Waals surface area contributed by atoms with Crippen LogP contribution < -0.4 is 0 Å². The van der Waals surface area contributed by atoms with Crippen LogP contribution in [0.1, 0.15) is 10.4 Å². The molecule has 2 N–H and O–H groups in total. The molecule has 0 aliphatic carbocycles. The van der Waals surface area contributed by atoms with E-state index in [-0.39, 0.29) is 10.8 Å². The van der Waals surface area contributed by atoms with Crippen LogP contribution >= 0.6 is 0 Å². The van der Waals surface area contributed by atoms with Crippen molar-refractivity contribution in [2.45, 2.75) is 0 Å². The largest absolute Gasteiger partial charge is 0.506 e. The van der Waals surface area contributed by atoms with Crippen molar-refractivity contribution < 1.29 is 24.1 Å². The van der Waals surface area contributed by atoms with E-state index in [9.17, 15) is 19.4 Å². The van der Waals surface area contributed by atoms with Gasteiger partial charge in [-0.1, -0.05) is 24.3 Å². The number of rotatable bonds is 1. The smallest absolute Gasteiger partial charge is 0.344 e. The van der Waals surface area contributed by atoms with Crippen molar-refractivity contribution in [2.75, 3.05) is 7.11 Å².